The molecule has 57 heavy (non-hydrogen) atoms. The fourth-order valence-electron chi connectivity index (χ4n) is 4.90. The third kappa shape index (κ3) is 11.0. The van der Waals surface area contributed by atoms with Crippen molar-refractivity contribution in [2.75, 3.05) is 41.7 Å². The molecular formula is C38H52N17S2-. The summed E-state index contributed by atoms with van der Waals surface area (Å²) in [6, 6.07) is 7.42. The molecule has 0 bridgehead atoms. The van der Waals surface area contributed by atoms with Crippen LogP contribution in [0.4, 0.5) is 26.9 Å². The van der Waals surface area contributed by atoms with E-state index in [2.05, 4.69) is 136 Å². The summed E-state index contributed by atoms with van der Waals surface area (Å²) in [5.41, 5.74) is 8.30. The maximum absolute atomic E-state index is 9.44. The highest BCUT2D eigenvalue weighted by atomic mass is 32.1. The van der Waals surface area contributed by atoms with Crippen LogP contribution in [0.15, 0.2) is 64.9 Å². The number of nitrogen functional groups attached to an aromatic ring is 1. The van der Waals surface area contributed by atoms with Crippen LogP contribution in [0, 0.1) is 22.7 Å². The number of hydrogen-bond donors (Lipinski definition) is 1. The second-order valence-corrected chi connectivity index (χ2v) is 16.0. The summed E-state index contributed by atoms with van der Waals surface area (Å²) in [4.78, 5) is 30.2. The number of nitrogens with zero attached hydrogens (tertiary/aromatic N) is 16. The molecule has 6 heterocycles. The molecule has 0 atom stereocenters. The first-order valence-corrected chi connectivity index (χ1v) is 20.0. The number of hydrogen-bond acceptors (Lipinski definition) is 17. The Morgan fingerprint density at radius 3 is 1.74 bits per heavy atom. The van der Waals surface area contributed by atoms with Crippen LogP contribution in [0.2, 0.25) is 0 Å². The predicted molar refractivity (Wildman–Crippen MR) is 228 cm³/mol. The van der Waals surface area contributed by atoms with Crippen molar-refractivity contribution in [2.24, 2.45) is 10.2 Å². The number of aromatic nitrogens is 10. The van der Waals surface area contributed by atoms with Crippen molar-refractivity contribution in [1.29, 1.82) is 10.5 Å². The Kier molecular flexibility index (Phi) is 14.4. The van der Waals surface area contributed by atoms with E-state index in [1.807, 2.05) is 6.07 Å². The SMILES string of the molecule is CCN(CC)c1nc(C(C)(C)C)c(N=Nc2c(C#N)cnn2-c2ncccn2)s1.CCN(CC)c1nc(C(C)(C)C)cs1.N#Cc1cnn(-c2ncccn2)c1N.[2H-].[2H][2H]. The van der Waals surface area contributed by atoms with E-state index in [1.165, 1.54) is 38.8 Å². The van der Waals surface area contributed by atoms with E-state index < -0.39 is 0 Å². The van der Waals surface area contributed by atoms with Gasteiger partial charge in [-0.25, -0.2) is 29.9 Å². The average molecular weight is 814 g/mol. The predicted octanol–water partition coefficient (Wildman–Crippen LogP) is 8.31. The fourth-order valence-corrected chi connectivity index (χ4v) is 7.30. The molecule has 0 aliphatic carbocycles. The number of nitriles is 2. The summed E-state index contributed by atoms with van der Waals surface area (Å²) in [6.45, 7) is 25.2. The van der Waals surface area contributed by atoms with Gasteiger partial charge in [0.1, 0.15) is 29.1 Å². The topological polar surface area (TPSA) is 218 Å². The van der Waals surface area contributed by atoms with Crippen LogP contribution in [0.5, 0.6) is 0 Å². The summed E-state index contributed by atoms with van der Waals surface area (Å²) in [5.74, 6) is 1.22. The second-order valence-electron chi connectivity index (χ2n) is 14.2. The maximum atomic E-state index is 9.44. The molecule has 0 aliphatic heterocycles. The molecule has 6 rings (SSSR count). The van der Waals surface area contributed by atoms with Gasteiger partial charge < -0.3 is 17.0 Å². The molecule has 0 saturated carbocycles. The van der Waals surface area contributed by atoms with E-state index in [4.69, 9.17) is 18.9 Å². The smallest absolute Gasteiger partial charge is 0.252 e. The van der Waals surface area contributed by atoms with Gasteiger partial charge in [0.25, 0.3) is 11.9 Å². The molecule has 0 aromatic carbocycles. The van der Waals surface area contributed by atoms with Gasteiger partial charge in [0.15, 0.2) is 21.1 Å². The summed E-state index contributed by atoms with van der Waals surface area (Å²) in [7, 11) is 0. The van der Waals surface area contributed by atoms with E-state index in [-0.39, 0.29) is 23.9 Å². The third-order valence-corrected chi connectivity index (χ3v) is 10.0. The minimum Gasteiger partial charge on any atom is -1.00 e. The Morgan fingerprint density at radius 1 is 0.754 bits per heavy atom. The van der Waals surface area contributed by atoms with Crippen molar-refractivity contribution in [3.8, 4) is 24.0 Å². The molecule has 6 aromatic heterocycles. The molecule has 17 nitrogen and oxygen atoms in total. The van der Waals surface area contributed by atoms with Gasteiger partial charge in [-0.05, 0) is 39.8 Å². The van der Waals surface area contributed by atoms with Gasteiger partial charge in [-0.1, -0.05) is 52.9 Å². The van der Waals surface area contributed by atoms with Gasteiger partial charge >= 0.3 is 0 Å². The van der Waals surface area contributed by atoms with Crippen LogP contribution in [0.1, 0.15) is 96.1 Å². The zero-order valence-electron chi connectivity index (χ0n) is 37.1. The van der Waals surface area contributed by atoms with Crippen molar-refractivity contribution in [3.63, 3.8) is 0 Å². The van der Waals surface area contributed by atoms with Crippen molar-refractivity contribution < 1.29 is 4.40 Å². The molecule has 0 aliphatic rings. The standard InChI is InChI=1S/C19H23N9S.C11H20N2S.C8H6N6.H2.H/c1-6-27(7-2)18-24-14(19(3,4)5)16(29-18)26-25-15-13(11-20)12-23-28(15)17-21-9-8-10-22-17;1-6-13(7-2)10-12-9(8-14-10)11(3,4)5;9-4-6-5-13-14(7(6)10)8-11-2-1-3-12-8;;/h8-10,12H,6-7H2,1-5H3;8H,6-7H2,1-5H3;1-3,5H,10H2;1H;/q;;;;-1/i;;;1+1D;1+1. The fraction of sp³-hybridized carbons (Fsp3) is 0.421. The van der Waals surface area contributed by atoms with E-state index in [0.29, 0.717) is 28.0 Å². The van der Waals surface area contributed by atoms with Crippen molar-refractivity contribution in [2.45, 2.75) is 80.1 Å². The van der Waals surface area contributed by atoms with Gasteiger partial charge in [-0.15, -0.1) is 21.6 Å². The highest BCUT2D eigenvalue weighted by molar-refractivity contribution is 7.19. The zero-order valence-corrected chi connectivity index (χ0v) is 35.7. The summed E-state index contributed by atoms with van der Waals surface area (Å²) >= 11 is 3.24. The van der Waals surface area contributed by atoms with E-state index in [1.54, 1.807) is 48.3 Å². The first-order chi connectivity index (χ1) is 28.2. The molecule has 0 unspecified atom stereocenters. The Hall–Kier alpha value is -6.18. The molecule has 0 fully saturated rings. The lowest BCUT2D eigenvalue weighted by Crippen LogP contribution is -2.22. The van der Waals surface area contributed by atoms with Gasteiger partial charge in [0.05, 0.1) is 23.8 Å². The molecule has 2 N–H and O–H groups in total. The largest absolute Gasteiger partial charge is 1.00 e. The number of anilines is 3. The van der Waals surface area contributed by atoms with E-state index in [0.717, 1.165) is 42.1 Å². The van der Waals surface area contributed by atoms with Gasteiger partial charge in [-0.3, -0.25) is 0 Å². The Morgan fingerprint density at radius 2 is 1.26 bits per heavy atom. The number of rotatable bonds is 10. The van der Waals surface area contributed by atoms with Gasteiger partial charge in [-0.2, -0.15) is 30.1 Å². The molecule has 0 spiro atoms. The average Bonchev–Trinajstić information content (AvgIpc) is 4.06. The van der Waals surface area contributed by atoms with Crippen LogP contribution in [-0.2, 0) is 10.8 Å². The maximum Gasteiger partial charge on any atom is 0.252 e. The lowest BCUT2D eigenvalue weighted by atomic mass is 9.93. The Balaban J connectivity index is 0.000000335. The summed E-state index contributed by atoms with van der Waals surface area (Å²) < 4.78 is 12.7. The first kappa shape index (κ1) is 42.0. The van der Waals surface area contributed by atoms with Crippen LogP contribution in [-0.4, -0.2) is 75.6 Å². The minimum atomic E-state index is -0.197. The molecule has 0 radical (unpaired) electrons. The number of thiazole rings is 2. The van der Waals surface area contributed by atoms with Crippen molar-refractivity contribution in [3.05, 3.63) is 77.2 Å². The molecule has 6 aromatic rings. The quantitative estimate of drug-likeness (QED) is 0.129. The Bertz CT molecular complexity index is 2290. The van der Waals surface area contributed by atoms with Crippen molar-refractivity contribution in [1.82, 2.24) is 49.5 Å². The molecule has 0 saturated heterocycles. The lowest BCUT2D eigenvalue weighted by Gasteiger charge is -2.18. The zero-order chi connectivity index (χ0) is 43.8. The van der Waals surface area contributed by atoms with Crippen LogP contribution >= 0.6 is 22.7 Å². The second kappa shape index (κ2) is 19.6. The summed E-state index contributed by atoms with van der Waals surface area (Å²) in [6.07, 6.45) is 9.18. The van der Waals surface area contributed by atoms with Crippen LogP contribution in [0.3, 0.4) is 0 Å². The first-order valence-electron chi connectivity index (χ1n) is 19.4. The third-order valence-electron chi connectivity index (χ3n) is 8.15. The highest BCUT2D eigenvalue weighted by Gasteiger charge is 2.26. The van der Waals surface area contributed by atoms with E-state index >= 15 is 0 Å². The van der Waals surface area contributed by atoms with Gasteiger partial charge in [0.2, 0.25) is 0 Å². The molecular weight excluding hydrogens is 759 g/mol. The monoisotopic (exact) mass is 813 g/mol. The highest BCUT2D eigenvalue weighted by Crippen LogP contribution is 2.41. The molecule has 19 heteroatoms. The summed E-state index contributed by atoms with van der Waals surface area (Å²) in [5, 5.41) is 40.0. The minimum absolute atomic E-state index is 0. The molecule has 0 amide bonds. The number of azo groups is 1. The Labute approximate surface area is 346 Å². The van der Waals surface area contributed by atoms with Crippen LogP contribution < -0.4 is 15.5 Å². The van der Waals surface area contributed by atoms with Crippen molar-refractivity contribution >= 4 is 49.6 Å². The van der Waals surface area contributed by atoms with E-state index in [9.17, 15) is 5.26 Å². The normalized spacial score (nSPS) is 11.4. The lowest BCUT2D eigenvalue weighted by molar-refractivity contribution is 0.572. The molecule has 302 valence electrons. The van der Waals surface area contributed by atoms with Crippen LogP contribution in [0.25, 0.3) is 11.9 Å². The van der Waals surface area contributed by atoms with Gasteiger partial charge in [0, 0.05) is 70.1 Å². The number of nitrogens with two attached hydrogens (primary N) is 1.